The Balaban J connectivity index is 1.65. The van der Waals surface area contributed by atoms with Gasteiger partial charge >= 0.3 is 6.09 Å². The number of amides is 2. The highest BCUT2D eigenvalue weighted by Crippen LogP contribution is 2.43. The Hall–Kier alpha value is -2.48. The Labute approximate surface area is 170 Å². The van der Waals surface area contributed by atoms with Gasteiger partial charge in [0.25, 0.3) is 0 Å². The molecule has 2 amide bonds. The van der Waals surface area contributed by atoms with Gasteiger partial charge in [-0.1, -0.05) is 6.92 Å². The van der Waals surface area contributed by atoms with Crippen LogP contribution in [0.25, 0.3) is 0 Å². The van der Waals surface area contributed by atoms with E-state index >= 15 is 0 Å². The third kappa shape index (κ3) is 3.61. The van der Waals surface area contributed by atoms with Crippen molar-refractivity contribution < 1.29 is 24.2 Å². The number of carboxylic acid groups (broad SMARTS) is 1. The summed E-state index contributed by atoms with van der Waals surface area (Å²) in [6.07, 6.45) is 1.01. The van der Waals surface area contributed by atoms with E-state index in [9.17, 15) is 14.7 Å². The molecule has 0 bridgehead atoms. The highest BCUT2D eigenvalue weighted by Gasteiger charge is 2.45. The van der Waals surface area contributed by atoms with E-state index in [1.54, 1.807) is 14.2 Å². The molecule has 0 radical (unpaired) electrons. The predicted molar refractivity (Wildman–Crippen MR) is 106 cm³/mol. The van der Waals surface area contributed by atoms with Gasteiger partial charge in [0.2, 0.25) is 5.91 Å². The molecule has 0 aliphatic carbocycles. The lowest BCUT2D eigenvalue weighted by Crippen LogP contribution is -2.62. The Morgan fingerprint density at radius 2 is 1.93 bits per heavy atom. The monoisotopic (exact) mass is 403 g/mol. The van der Waals surface area contributed by atoms with Crippen molar-refractivity contribution in [1.82, 2.24) is 15.1 Å². The topological polar surface area (TPSA) is 91.3 Å². The van der Waals surface area contributed by atoms with Gasteiger partial charge in [-0.05, 0) is 42.0 Å². The number of hydrogen-bond acceptors (Lipinski definition) is 5. The van der Waals surface area contributed by atoms with Gasteiger partial charge in [0.1, 0.15) is 0 Å². The van der Waals surface area contributed by atoms with E-state index < -0.39 is 6.09 Å². The first-order valence-electron chi connectivity index (χ1n) is 10.2. The fourth-order valence-electron chi connectivity index (χ4n) is 5.21. The van der Waals surface area contributed by atoms with Crippen LogP contribution in [-0.4, -0.2) is 72.8 Å². The zero-order valence-corrected chi connectivity index (χ0v) is 17.2. The van der Waals surface area contributed by atoms with Crippen molar-refractivity contribution >= 4 is 12.0 Å². The first-order chi connectivity index (χ1) is 13.9. The van der Waals surface area contributed by atoms with Crippen LogP contribution in [0.2, 0.25) is 0 Å². The summed E-state index contributed by atoms with van der Waals surface area (Å²) in [4.78, 5) is 28.3. The second-order valence-electron chi connectivity index (χ2n) is 8.38. The van der Waals surface area contributed by atoms with Crippen LogP contribution >= 0.6 is 0 Å². The Kier molecular flexibility index (Phi) is 5.29. The number of carbonyl (C=O) groups excluding carboxylic acids is 1. The number of benzene rings is 1. The summed E-state index contributed by atoms with van der Waals surface area (Å²) in [6.45, 7) is 4.31. The minimum atomic E-state index is -1.04. The zero-order valence-electron chi connectivity index (χ0n) is 17.2. The van der Waals surface area contributed by atoms with Crippen LogP contribution < -0.4 is 14.8 Å². The number of ether oxygens (including phenoxy) is 2. The summed E-state index contributed by atoms with van der Waals surface area (Å²) in [6, 6.07) is 3.69. The lowest BCUT2D eigenvalue weighted by molar-refractivity contribution is -0.132. The van der Waals surface area contributed by atoms with Crippen molar-refractivity contribution in [3.8, 4) is 11.5 Å². The number of methoxy groups -OCH3 is 2. The molecule has 3 heterocycles. The molecule has 1 aromatic rings. The first kappa shape index (κ1) is 19.8. The van der Waals surface area contributed by atoms with Gasteiger partial charge in [-0.15, -0.1) is 0 Å². The highest BCUT2D eigenvalue weighted by molar-refractivity contribution is 5.79. The molecule has 8 heteroatoms. The fraction of sp³-hybridized carbons (Fsp3) is 0.619. The number of likely N-dealkylation sites (tertiary alicyclic amines) is 1. The summed E-state index contributed by atoms with van der Waals surface area (Å²) in [5, 5.41) is 12.1. The predicted octanol–water partition coefficient (Wildman–Crippen LogP) is 1.88. The van der Waals surface area contributed by atoms with Crippen LogP contribution in [0.5, 0.6) is 11.5 Å². The zero-order chi connectivity index (χ0) is 20.7. The quantitative estimate of drug-likeness (QED) is 0.798. The molecule has 1 aromatic carbocycles. The molecule has 158 valence electrons. The molecular formula is C21H29N3O5. The van der Waals surface area contributed by atoms with E-state index in [0.29, 0.717) is 43.3 Å². The molecule has 0 spiro atoms. The maximum absolute atomic E-state index is 12.5. The lowest BCUT2D eigenvalue weighted by atomic mass is 9.82. The summed E-state index contributed by atoms with van der Waals surface area (Å²) in [5.74, 6) is 1.83. The maximum Gasteiger partial charge on any atom is 0.404 e. The molecule has 3 aliphatic rings. The van der Waals surface area contributed by atoms with Gasteiger partial charge in [-0.2, -0.15) is 0 Å². The third-order valence-electron chi connectivity index (χ3n) is 6.54. The van der Waals surface area contributed by atoms with Gasteiger partial charge in [-0.25, -0.2) is 4.79 Å². The number of rotatable bonds is 4. The summed E-state index contributed by atoms with van der Waals surface area (Å²) < 4.78 is 10.9. The van der Waals surface area contributed by atoms with Crippen LogP contribution in [0.3, 0.4) is 0 Å². The summed E-state index contributed by atoms with van der Waals surface area (Å²) in [7, 11) is 3.25. The summed E-state index contributed by atoms with van der Waals surface area (Å²) >= 11 is 0. The average Bonchev–Trinajstić information content (AvgIpc) is 3.03. The van der Waals surface area contributed by atoms with Crippen LogP contribution in [-0.2, 0) is 11.2 Å². The molecule has 0 saturated carbocycles. The SMILES string of the molecule is COc1cc2c(cc1OC)C1CC(NC(=O)O)C(N3CC(C)CC3=O)CN1CC2. The van der Waals surface area contributed by atoms with Crippen LogP contribution in [0.1, 0.15) is 36.9 Å². The molecule has 2 saturated heterocycles. The van der Waals surface area contributed by atoms with Gasteiger partial charge < -0.3 is 24.8 Å². The number of piperidine rings is 1. The van der Waals surface area contributed by atoms with E-state index in [1.165, 1.54) is 5.56 Å². The van der Waals surface area contributed by atoms with E-state index in [-0.39, 0.29) is 24.0 Å². The van der Waals surface area contributed by atoms with Gasteiger partial charge in [0.05, 0.1) is 26.3 Å². The number of nitrogens with one attached hydrogen (secondary N) is 1. The Morgan fingerprint density at radius 1 is 1.21 bits per heavy atom. The highest BCUT2D eigenvalue weighted by atomic mass is 16.5. The second-order valence-corrected chi connectivity index (χ2v) is 8.38. The normalized spacial score (nSPS) is 29.2. The van der Waals surface area contributed by atoms with Gasteiger partial charge in [-0.3, -0.25) is 9.69 Å². The molecule has 2 fully saturated rings. The first-order valence-corrected chi connectivity index (χ1v) is 10.2. The Bertz CT molecular complexity index is 814. The van der Waals surface area contributed by atoms with Gasteiger partial charge in [0.15, 0.2) is 11.5 Å². The van der Waals surface area contributed by atoms with Crippen molar-refractivity contribution in [3.05, 3.63) is 23.3 Å². The van der Waals surface area contributed by atoms with Crippen molar-refractivity contribution in [2.45, 2.75) is 44.3 Å². The third-order valence-corrected chi connectivity index (χ3v) is 6.54. The van der Waals surface area contributed by atoms with Crippen LogP contribution in [0, 0.1) is 5.92 Å². The Morgan fingerprint density at radius 3 is 2.55 bits per heavy atom. The number of carbonyl (C=O) groups is 2. The van der Waals surface area contributed by atoms with Crippen LogP contribution in [0.15, 0.2) is 12.1 Å². The average molecular weight is 403 g/mol. The van der Waals surface area contributed by atoms with Crippen molar-refractivity contribution in [1.29, 1.82) is 0 Å². The standard InChI is InChI=1S/C21H29N3O5/c1-12-6-20(25)24(10-12)17-11-23-5-4-13-7-18(28-2)19(29-3)8-14(13)16(23)9-15(17)22-21(26)27/h7-8,12,15-17,22H,4-6,9-11H2,1-3H3,(H,26,27). The maximum atomic E-state index is 12.5. The number of fused-ring (bicyclic) bond motifs is 3. The molecule has 2 N–H and O–H groups in total. The van der Waals surface area contributed by atoms with E-state index in [0.717, 1.165) is 18.5 Å². The molecule has 3 aliphatic heterocycles. The fourth-order valence-corrected chi connectivity index (χ4v) is 5.21. The minimum absolute atomic E-state index is 0.0850. The van der Waals surface area contributed by atoms with E-state index in [2.05, 4.69) is 17.1 Å². The molecule has 4 rings (SSSR count). The van der Waals surface area contributed by atoms with Crippen molar-refractivity contribution in [3.63, 3.8) is 0 Å². The number of hydrogen-bond donors (Lipinski definition) is 2. The second kappa shape index (κ2) is 7.74. The summed E-state index contributed by atoms with van der Waals surface area (Å²) in [5.41, 5.74) is 2.37. The molecule has 4 atom stereocenters. The molecule has 29 heavy (non-hydrogen) atoms. The minimum Gasteiger partial charge on any atom is -0.493 e. The van der Waals surface area contributed by atoms with E-state index in [4.69, 9.17) is 9.47 Å². The van der Waals surface area contributed by atoms with Gasteiger partial charge in [0, 0.05) is 32.1 Å². The van der Waals surface area contributed by atoms with Crippen molar-refractivity contribution in [2.75, 3.05) is 33.9 Å². The van der Waals surface area contributed by atoms with E-state index in [1.807, 2.05) is 17.0 Å². The number of nitrogens with zero attached hydrogens (tertiary/aromatic N) is 2. The molecular weight excluding hydrogens is 374 g/mol. The smallest absolute Gasteiger partial charge is 0.404 e. The largest absolute Gasteiger partial charge is 0.493 e. The molecule has 0 aromatic heterocycles. The molecule has 8 nitrogen and oxygen atoms in total. The van der Waals surface area contributed by atoms with Crippen molar-refractivity contribution in [2.24, 2.45) is 5.92 Å². The van der Waals surface area contributed by atoms with Crippen LogP contribution in [0.4, 0.5) is 4.79 Å². The lowest BCUT2D eigenvalue weighted by Gasteiger charge is -2.49. The molecule has 4 unspecified atom stereocenters.